The fourth-order valence-corrected chi connectivity index (χ4v) is 2.54. The maximum atomic E-state index is 12.0. The van der Waals surface area contributed by atoms with Gasteiger partial charge < -0.3 is 16.4 Å². The Balaban J connectivity index is 1.64. The molecule has 1 aromatic carbocycles. The number of unbranched alkanes of at least 4 members (excludes halogenated alkanes) is 1. The number of hydrogen-bond donors (Lipinski definition) is 3. The molecule has 0 radical (unpaired) electrons. The lowest BCUT2D eigenvalue weighted by atomic mass is 10.1. The molecule has 2 aromatic heterocycles. The number of amides is 1. The number of aromatic nitrogens is 3. The number of benzene rings is 1. The van der Waals surface area contributed by atoms with Crippen molar-refractivity contribution in [3.05, 3.63) is 53.9 Å². The van der Waals surface area contributed by atoms with E-state index >= 15 is 0 Å². The van der Waals surface area contributed by atoms with Gasteiger partial charge in [-0.2, -0.15) is 0 Å². The van der Waals surface area contributed by atoms with Crippen molar-refractivity contribution in [3.63, 3.8) is 0 Å². The van der Waals surface area contributed by atoms with Gasteiger partial charge in [-0.3, -0.25) is 4.79 Å². The topological polar surface area (TPSA) is 106 Å². The third-order valence-corrected chi connectivity index (χ3v) is 4.01. The number of nitrogen functional groups attached to an aromatic ring is 1. The van der Waals surface area contributed by atoms with Gasteiger partial charge in [0.15, 0.2) is 5.65 Å². The van der Waals surface area contributed by atoms with Gasteiger partial charge in [0.2, 0.25) is 0 Å². The van der Waals surface area contributed by atoms with Crippen molar-refractivity contribution in [2.45, 2.75) is 26.3 Å². The van der Waals surface area contributed by atoms with Crippen LogP contribution in [0.4, 0.5) is 11.6 Å². The number of fused-ring (bicyclic) bond motifs is 1. The average Bonchev–Trinajstić information content (AvgIpc) is 2.66. The first-order chi connectivity index (χ1) is 12.7. The van der Waals surface area contributed by atoms with Crippen molar-refractivity contribution < 1.29 is 4.79 Å². The number of nitrogens with one attached hydrogen (secondary N) is 2. The predicted molar refractivity (Wildman–Crippen MR) is 103 cm³/mol. The first-order valence-corrected chi connectivity index (χ1v) is 8.65. The highest BCUT2D eigenvalue weighted by Gasteiger charge is 2.07. The Morgan fingerprint density at radius 3 is 2.69 bits per heavy atom. The first-order valence-electron chi connectivity index (χ1n) is 8.65. The van der Waals surface area contributed by atoms with Gasteiger partial charge in [-0.15, -0.1) is 0 Å². The lowest BCUT2D eigenvalue weighted by Crippen LogP contribution is -2.24. The Morgan fingerprint density at radius 2 is 1.92 bits per heavy atom. The molecule has 1 amide bonds. The Kier molecular flexibility index (Phi) is 5.58. The lowest BCUT2D eigenvalue weighted by Gasteiger charge is -2.09. The maximum absolute atomic E-state index is 12.0. The van der Waals surface area contributed by atoms with E-state index in [0.717, 1.165) is 23.8 Å². The summed E-state index contributed by atoms with van der Waals surface area (Å²) in [5.74, 6) is 1.09. The van der Waals surface area contributed by atoms with Gasteiger partial charge in [-0.25, -0.2) is 15.0 Å². The molecule has 0 atom stereocenters. The number of pyridine rings is 1. The average molecular weight is 350 g/mol. The SMILES string of the molecule is CCCCNC(=O)c1ccc(CNc2ncnc3nc(N)ccc23)cc1. The van der Waals surface area contributed by atoms with E-state index < -0.39 is 0 Å². The molecule has 134 valence electrons. The second-order valence-corrected chi connectivity index (χ2v) is 5.99. The molecule has 26 heavy (non-hydrogen) atoms. The van der Waals surface area contributed by atoms with Crippen molar-refractivity contribution in [2.24, 2.45) is 0 Å². The fraction of sp³-hybridized carbons (Fsp3) is 0.263. The summed E-state index contributed by atoms with van der Waals surface area (Å²) in [6, 6.07) is 11.1. The molecule has 0 aliphatic rings. The lowest BCUT2D eigenvalue weighted by molar-refractivity contribution is 0.0953. The van der Waals surface area contributed by atoms with E-state index in [0.29, 0.717) is 35.9 Å². The monoisotopic (exact) mass is 350 g/mol. The molecule has 0 aliphatic carbocycles. The Morgan fingerprint density at radius 1 is 1.12 bits per heavy atom. The van der Waals surface area contributed by atoms with Crippen LogP contribution in [-0.4, -0.2) is 27.4 Å². The summed E-state index contributed by atoms with van der Waals surface area (Å²) in [6.07, 6.45) is 3.51. The maximum Gasteiger partial charge on any atom is 0.251 e. The van der Waals surface area contributed by atoms with Crippen LogP contribution in [0.2, 0.25) is 0 Å². The minimum absolute atomic E-state index is 0.0385. The van der Waals surface area contributed by atoms with Crippen LogP contribution in [0.5, 0.6) is 0 Å². The van der Waals surface area contributed by atoms with Crippen molar-refractivity contribution in [2.75, 3.05) is 17.6 Å². The third kappa shape index (κ3) is 4.24. The minimum Gasteiger partial charge on any atom is -0.384 e. The second-order valence-electron chi connectivity index (χ2n) is 5.99. The summed E-state index contributed by atoms with van der Waals surface area (Å²) in [6.45, 7) is 3.38. The molecular formula is C19H22N6O. The highest BCUT2D eigenvalue weighted by Crippen LogP contribution is 2.19. The van der Waals surface area contributed by atoms with E-state index in [4.69, 9.17) is 5.73 Å². The van der Waals surface area contributed by atoms with Crippen molar-refractivity contribution in [1.82, 2.24) is 20.3 Å². The number of nitrogens with two attached hydrogens (primary N) is 1. The van der Waals surface area contributed by atoms with E-state index in [-0.39, 0.29) is 5.91 Å². The zero-order chi connectivity index (χ0) is 18.4. The third-order valence-electron chi connectivity index (χ3n) is 4.01. The summed E-state index contributed by atoms with van der Waals surface area (Å²) < 4.78 is 0. The molecule has 0 fully saturated rings. The Bertz CT molecular complexity index is 894. The van der Waals surface area contributed by atoms with E-state index in [2.05, 4.69) is 32.5 Å². The number of anilines is 2. The molecule has 3 aromatic rings. The highest BCUT2D eigenvalue weighted by molar-refractivity contribution is 5.94. The summed E-state index contributed by atoms with van der Waals surface area (Å²) in [7, 11) is 0. The van der Waals surface area contributed by atoms with Crippen molar-refractivity contribution in [3.8, 4) is 0 Å². The number of nitrogens with zero attached hydrogens (tertiary/aromatic N) is 3. The standard InChI is InChI=1S/C19H22N6O/c1-2-3-10-21-19(26)14-6-4-13(5-7-14)11-22-17-15-8-9-16(20)25-18(15)24-12-23-17/h4-9,12H,2-3,10-11H2,1H3,(H,21,26)(H3,20,22,23,24,25). The number of rotatable bonds is 7. The molecule has 0 unspecified atom stereocenters. The van der Waals surface area contributed by atoms with Crippen LogP contribution >= 0.6 is 0 Å². The molecule has 7 nitrogen and oxygen atoms in total. The Hall–Kier alpha value is -3.22. The van der Waals surface area contributed by atoms with Crippen LogP contribution in [-0.2, 0) is 6.54 Å². The summed E-state index contributed by atoms with van der Waals surface area (Å²) >= 11 is 0. The van der Waals surface area contributed by atoms with Gasteiger partial charge in [0, 0.05) is 18.7 Å². The van der Waals surface area contributed by atoms with Gasteiger partial charge in [0.25, 0.3) is 5.91 Å². The molecule has 4 N–H and O–H groups in total. The largest absolute Gasteiger partial charge is 0.384 e. The molecule has 2 heterocycles. The number of carbonyl (C=O) groups excluding carboxylic acids is 1. The van der Waals surface area contributed by atoms with Crippen LogP contribution < -0.4 is 16.4 Å². The summed E-state index contributed by atoms with van der Waals surface area (Å²) in [5.41, 5.74) is 7.96. The van der Waals surface area contributed by atoms with Crippen LogP contribution in [0.25, 0.3) is 11.0 Å². The number of carbonyl (C=O) groups is 1. The molecule has 0 saturated carbocycles. The molecule has 0 spiro atoms. The van der Waals surface area contributed by atoms with Crippen molar-refractivity contribution >= 4 is 28.6 Å². The minimum atomic E-state index is -0.0385. The van der Waals surface area contributed by atoms with Gasteiger partial charge in [-0.05, 0) is 36.2 Å². The summed E-state index contributed by atoms with van der Waals surface area (Å²) in [5, 5.41) is 7.01. The van der Waals surface area contributed by atoms with E-state index in [9.17, 15) is 4.79 Å². The molecule has 3 rings (SSSR count). The van der Waals surface area contributed by atoms with Gasteiger partial charge in [-0.1, -0.05) is 25.5 Å². The van der Waals surface area contributed by atoms with Gasteiger partial charge in [0.1, 0.15) is 18.0 Å². The van der Waals surface area contributed by atoms with E-state index in [1.54, 1.807) is 6.07 Å². The van der Waals surface area contributed by atoms with Crippen LogP contribution in [0.3, 0.4) is 0 Å². The zero-order valence-corrected chi connectivity index (χ0v) is 14.7. The summed E-state index contributed by atoms with van der Waals surface area (Å²) in [4.78, 5) is 24.6. The first kappa shape index (κ1) is 17.6. The van der Waals surface area contributed by atoms with Gasteiger partial charge >= 0.3 is 0 Å². The molecule has 7 heteroatoms. The fourth-order valence-electron chi connectivity index (χ4n) is 2.54. The zero-order valence-electron chi connectivity index (χ0n) is 14.7. The smallest absolute Gasteiger partial charge is 0.251 e. The van der Waals surface area contributed by atoms with Crippen LogP contribution in [0.1, 0.15) is 35.7 Å². The molecule has 0 aliphatic heterocycles. The van der Waals surface area contributed by atoms with Crippen molar-refractivity contribution in [1.29, 1.82) is 0 Å². The van der Waals surface area contributed by atoms with Crippen LogP contribution in [0, 0.1) is 0 Å². The molecular weight excluding hydrogens is 328 g/mol. The van der Waals surface area contributed by atoms with Crippen LogP contribution in [0.15, 0.2) is 42.7 Å². The second kappa shape index (κ2) is 8.24. The normalized spacial score (nSPS) is 10.7. The predicted octanol–water partition coefficient (Wildman–Crippen LogP) is 2.75. The Labute approximate surface area is 152 Å². The number of hydrogen-bond acceptors (Lipinski definition) is 6. The quantitative estimate of drug-likeness (QED) is 0.566. The van der Waals surface area contributed by atoms with E-state index in [1.807, 2.05) is 30.3 Å². The molecule has 0 bridgehead atoms. The van der Waals surface area contributed by atoms with E-state index in [1.165, 1.54) is 6.33 Å². The highest BCUT2D eigenvalue weighted by atomic mass is 16.1. The van der Waals surface area contributed by atoms with Gasteiger partial charge in [0.05, 0.1) is 5.39 Å². The molecule has 0 saturated heterocycles.